The fourth-order valence-electron chi connectivity index (χ4n) is 5.99. The van der Waals surface area contributed by atoms with Gasteiger partial charge in [0.05, 0.1) is 19.3 Å². The number of phosphoric ester groups is 1. The minimum Gasteiger partial charge on any atom is -0.480 e. The molecule has 288 valence electrons. The molecule has 0 aliphatic carbocycles. The number of ether oxygens (including phenoxy) is 2. The molecular formula is C38H78NO8P. The van der Waals surface area contributed by atoms with Gasteiger partial charge in [-0.3, -0.25) is 14.6 Å². The topological polar surface area (TPSA) is 135 Å². The van der Waals surface area contributed by atoms with Gasteiger partial charge in [-0.25, -0.2) is 4.57 Å². The lowest BCUT2D eigenvalue weighted by Crippen LogP contribution is -2.45. The summed E-state index contributed by atoms with van der Waals surface area (Å²) in [7, 11) is -4.76. The number of phosphoric acid groups is 1. The molecule has 0 aliphatic rings. The molecule has 0 aromatic heterocycles. The molecule has 0 saturated carbocycles. The first-order valence-electron chi connectivity index (χ1n) is 20.2. The fraction of sp³-hybridized carbons (Fsp3) is 0.974. The molecule has 0 spiro atoms. The monoisotopic (exact) mass is 708 g/mol. The summed E-state index contributed by atoms with van der Waals surface area (Å²) in [5, 5.41) is 12.3. The van der Waals surface area contributed by atoms with Crippen LogP contribution in [0.1, 0.15) is 194 Å². The number of carboxylic acid groups (broad SMARTS) is 1. The van der Waals surface area contributed by atoms with Crippen LogP contribution in [0, 0.1) is 0 Å². The quantitative estimate of drug-likeness (QED) is 0.0362. The number of unbranched alkanes of at least 4 members (excludes halogenated alkanes) is 26. The first-order chi connectivity index (χ1) is 23.3. The molecule has 0 bridgehead atoms. The van der Waals surface area contributed by atoms with E-state index in [2.05, 4.69) is 23.7 Å². The number of carboxylic acids is 1. The maximum atomic E-state index is 11.6. The fourth-order valence-corrected chi connectivity index (χ4v) is 6.33. The number of carbonyl (C=O) groups is 1. The van der Waals surface area contributed by atoms with Gasteiger partial charge in [-0.15, -0.1) is 0 Å². The predicted octanol–water partition coefficient (Wildman–Crippen LogP) is 10.5. The maximum absolute atomic E-state index is 11.6. The standard InChI is InChI=1S/C38H78NO8P/c1-3-5-7-9-11-13-15-17-19-21-23-25-27-29-31-45-34-36(33-39-37(38(40)41)35-47-48(42,43)44)46-32-30-28-26-24-22-20-18-16-14-12-10-8-6-4-2/h36-37,39H,3-35H2,1-2H3,(H,40,41)(H2,42,43,44)/t36?,37-/m0/s1. The van der Waals surface area contributed by atoms with Gasteiger partial charge >= 0.3 is 13.8 Å². The lowest BCUT2D eigenvalue weighted by atomic mass is 10.0. The van der Waals surface area contributed by atoms with Crippen molar-refractivity contribution in [3.05, 3.63) is 0 Å². The van der Waals surface area contributed by atoms with E-state index in [-0.39, 0.29) is 12.6 Å². The van der Waals surface area contributed by atoms with Gasteiger partial charge in [-0.2, -0.15) is 0 Å². The third-order valence-electron chi connectivity index (χ3n) is 9.10. The maximum Gasteiger partial charge on any atom is 0.469 e. The van der Waals surface area contributed by atoms with Crippen LogP contribution in [-0.2, 0) is 23.4 Å². The summed E-state index contributed by atoms with van der Waals surface area (Å²) < 4.78 is 27.5. The van der Waals surface area contributed by atoms with Gasteiger partial charge in [0.15, 0.2) is 0 Å². The molecule has 0 rings (SSSR count). The molecule has 9 nitrogen and oxygen atoms in total. The third-order valence-corrected chi connectivity index (χ3v) is 9.58. The highest BCUT2D eigenvalue weighted by Gasteiger charge is 2.24. The summed E-state index contributed by atoms with van der Waals surface area (Å²) >= 11 is 0. The lowest BCUT2D eigenvalue weighted by molar-refractivity contribution is -0.140. The highest BCUT2D eigenvalue weighted by molar-refractivity contribution is 7.46. The predicted molar refractivity (Wildman–Crippen MR) is 199 cm³/mol. The molecule has 0 aromatic rings. The van der Waals surface area contributed by atoms with Gasteiger partial charge in [-0.1, -0.05) is 181 Å². The van der Waals surface area contributed by atoms with Crippen molar-refractivity contribution in [1.29, 1.82) is 0 Å². The normalized spacial score (nSPS) is 13.2. The molecular weight excluding hydrogens is 629 g/mol. The summed E-state index contributed by atoms with van der Waals surface area (Å²) in [5.74, 6) is -1.24. The molecule has 0 aliphatic heterocycles. The minimum absolute atomic E-state index is 0.193. The van der Waals surface area contributed by atoms with E-state index < -0.39 is 26.4 Å². The highest BCUT2D eigenvalue weighted by Crippen LogP contribution is 2.35. The molecule has 1 unspecified atom stereocenters. The van der Waals surface area contributed by atoms with E-state index in [0.717, 1.165) is 25.7 Å². The van der Waals surface area contributed by atoms with Crippen LogP contribution in [-0.4, -0.2) is 66.0 Å². The Balaban J connectivity index is 4.13. The Morgan fingerprint density at radius 2 is 0.917 bits per heavy atom. The third kappa shape index (κ3) is 36.7. The van der Waals surface area contributed by atoms with Crippen LogP contribution in [0.5, 0.6) is 0 Å². The molecule has 0 saturated heterocycles. The summed E-state index contributed by atoms with van der Waals surface area (Å²) in [6.07, 6.45) is 36.0. The smallest absolute Gasteiger partial charge is 0.469 e. The van der Waals surface area contributed by atoms with Crippen molar-refractivity contribution in [2.45, 2.75) is 206 Å². The van der Waals surface area contributed by atoms with Gasteiger partial charge in [0, 0.05) is 19.8 Å². The average molecular weight is 708 g/mol. The Hall–Kier alpha value is -0.540. The molecule has 4 N–H and O–H groups in total. The zero-order valence-corrected chi connectivity index (χ0v) is 32.2. The Morgan fingerprint density at radius 1 is 0.562 bits per heavy atom. The number of rotatable bonds is 40. The van der Waals surface area contributed by atoms with Crippen LogP contribution in [0.3, 0.4) is 0 Å². The van der Waals surface area contributed by atoms with Crippen molar-refractivity contribution in [1.82, 2.24) is 5.32 Å². The Bertz CT molecular complexity index is 723. The number of aliphatic carboxylic acids is 1. The van der Waals surface area contributed by atoms with Gasteiger partial charge in [-0.05, 0) is 12.8 Å². The van der Waals surface area contributed by atoms with E-state index in [1.54, 1.807) is 0 Å². The van der Waals surface area contributed by atoms with Gasteiger partial charge in [0.1, 0.15) is 6.04 Å². The SMILES string of the molecule is CCCCCCCCCCCCCCCCOCC(CN[C@@H](COP(=O)(O)O)C(=O)O)OCCCCCCCCCCCCCCCC. The van der Waals surface area contributed by atoms with Crippen LogP contribution in [0.4, 0.5) is 0 Å². The van der Waals surface area contributed by atoms with E-state index >= 15 is 0 Å². The number of hydrogen-bond acceptors (Lipinski definition) is 6. The van der Waals surface area contributed by atoms with E-state index in [9.17, 15) is 14.5 Å². The van der Waals surface area contributed by atoms with Gasteiger partial charge < -0.3 is 24.4 Å². The molecule has 0 radical (unpaired) electrons. The molecule has 0 aromatic carbocycles. The molecule has 2 atom stereocenters. The first-order valence-corrected chi connectivity index (χ1v) is 21.7. The van der Waals surface area contributed by atoms with Crippen molar-refractivity contribution in [3.63, 3.8) is 0 Å². The first kappa shape index (κ1) is 47.5. The second-order valence-electron chi connectivity index (χ2n) is 13.8. The van der Waals surface area contributed by atoms with Crippen LogP contribution in [0.15, 0.2) is 0 Å². The van der Waals surface area contributed by atoms with Crippen LogP contribution < -0.4 is 5.32 Å². The van der Waals surface area contributed by atoms with Crippen LogP contribution >= 0.6 is 7.82 Å². The summed E-state index contributed by atoms with van der Waals surface area (Å²) in [5.41, 5.74) is 0. The summed E-state index contributed by atoms with van der Waals surface area (Å²) in [6.45, 7) is 5.64. The highest BCUT2D eigenvalue weighted by atomic mass is 31.2. The summed E-state index contributed by atoms with van der Waals surface area (Å²) in [4.78, 5) is 29.5. The summed E-state index contributed by atoms with van der Waals surface area (Å²) in [6, 6.07) is -1.25. The van der Waals surface area contributed by atoms with E-state index in [4.69, 9.17) is 19.3 Å². The Labute approximate surface area is 295 Å². The Morgan fingerprint density at radius 3 is 1.27 bits per heavy atom. The number of nitrogens with one attached hydrogen (secondary N) is 1. The molecule has 10 heteroatoms. The van der Waals surface area contributed by atoms with Crippen LogP contribution in [0.2, 0.25) is 0 Å². The van der Waals surface area contributed by atoms with E-state index in [0.29, 0.717) is 19.8 Å². The van der Waals surface area contributed by atoms with E-state index in [1.807, 2.05) is 0 Å². The molecule has 48 heavy (non-hydrogen) atoms. The second-order valence-corrected chi connectivity index (χ2v) is 15.1. The van der Waals surface area contributed by atoms with Crippen molar-refractivity contribution in [3.8, 4) is 0 Å². The van der Waals surface area contributed by atoms with Crippen molar-refractivity contribution >= 4 is 13.8 Å². The van der Waals surface area contributed by atoms with Gasteiger partial charge in [0.25, 0.3) is 0 Å². The van der Waals surface area contributed by atoms with Crippen molar-refractivity contribution in [2.24, 2.45) is 0 Å². The zero-order chi connectivity index (χ0) is 35.4. The zero-order valence-electron chi connectivity index (χ0n) is 31.3. The number of hydrogen-bond donors (Lipinski definition) is 4. The molecule has 0 amide bonds. The van der Waals surface area contributed by atoms with E-state index in [1.165, 1.54) is 154 Å². The second kappa shape index (κ2) is 36.3. The lowest BCUT2D eigenvalue weighted by Gasteiger charge is -2.22. The van der Waals surface area contributed by atoms with Gasteiger partial charge in [0.2, 0.25) is 0 Å². The minimum atomic E-state index is -4.76. The molecule has 0 heterocycles. The van der Waals surface area contributed by atoms with Crippen molar-refractivity contribution < 1.29 is 38.3 Å². The van der Waals surface area contributed by atoms with Crippen molar-refractivity contribution in [2.75, 3.05) is 33.0 Å². The Kier molecular flexibility index (Phi) is 35.8. The molecule has 0 fully saturated rings. The largest absolute Gasteiger partial charge is 0.480 e. The average Bonchev–Trinajstić information content (AvgIpc) is 3.05. The van der Waals surface area contributed by atoms with Crippen LogP contribution in [0.25, 0.3) is 0 Å².